The predicted molar refractivity (Wildman–Crippen MR) is 127 cm³/mol. The lowest BCUT2D eigenvalue weighted by Gasteiger charge is -2.28. The highest BCUT2D eigenvalue weighted by Crippen LogP contribution is 2.26. The first-order valence-corrected chi connectivity index (χ1v) is 11.6. The predicted octanol–water partition coefficient (Wildman–Crippen LogP) is 2.81. The quantitative estimate of drug-likeness (QED) is 0.447. The number of nitrogens with one attached hydrogen (secondary N) is 2. The van der Waals surface area contributed by atoms with Crippen LogP contribution in [0.5, 0.6) is 5.75 Å². The second kappa shape index (κ2) is 10.9. The summed E-state index contributed by atoms with van der Waals surface area (Å²) < 4.78 is 7.00. The van der Waals surface area contributed by atoms with Crippen LogP contribution in [-0.4, -0.2) is 55.0 Å². The van der Waals surface area contributed by atoms with Crippen LogP contribution in [0.3, 0.4) is 0 Å². The Morgan fingerprint density at radius 2 is 1.97 bits per heavy atom. The highest BCUT2D eigenvalue weighted by molar-refractivity contribution is 5.93. The van der Waals surface area contributed by atoms with Gasteiger partial charge in [0.15, 0.2) is 5.82 Å². The first kappa shape index (κ1) is 24.1. The van der Waals surface area contributed by atoms with E-state index in [0.717, 1.165) is 37.0 Å². The van der Waals surface area contributed by atoms with E-state index in [0.29, 0.717) is 36.4 Å². The number of aromatic nitrogens is 5. The number of benzene rings is 1. The third kappa shape index (κ3) is 6.52. The lowest BCUT2D eigenvalue weighted by molar-refractivity contribution is 0.0945. The molecule has 184 valence electrons. The Hall–Kier alpha value is -4.02. The highest BCUT2D eigenvalue weighted by atomic mass is 16.5. The summed E-state index contributed by atoms with van der Waals surface area (Å²) in [5.74, 6) is 1.70. The molecule has 0 atom stereocenters. The minimum absolute atomic E-state index is 0.0209. The molecule has 1 aromatic carbocycles. The van der Waals surface area contributed by atoms with E-state index in [1.165, 1.54) is 0 Å². The van der Waals surface area contributed by atoms with Crippen molar-refractivity contribution in [1.29, 1.82) is 0 Å². The molecule has 2 amide bonds. The number of hydrogen-bond acceptors (Lipinski definition) is 7. The van der Waals surface area contributed by atoms with E-state index < -0.39 is 6.09 Å². The van der Waals surface area contributed by atoms with E-state index in [2.05, 4.69) is 30.7 Å². The average Bonchev–Trinajstić information content (AvgIpc) is 3.32. The summed E-state index contributed by atoms with van der Waals surface area (Å²) in [7, 11) is 1.60. The van der Waals surface area contributed by atoms with Crippen molar-refractivity contribution in [2.24, 2.45) is 5.92 Å². The van der Waals surface area contributed by atoms with Crippen molar-refractivity contribution in [2.75, 3.05) is 7.11 Å². The van der Waals surface area contributed by atoms with Crippen molar-refractivity contribution in [1.82, 2.24) is 35.4 Å². The zero-order chi connectivity index (χ0) is 24.8. The molecule has 0 aliphatic heterocycles. The molecule has 1 saturated carbocycles. The van der Waals surface area contributed by atoms with Gasteiger partial charge in [-0.1, -0.05) is 12.1 Å². The SMILES string of the molecule is COc1cccc(CNC(=O)c2cc(-c3ncn(CC4CCC(NC(=O)O)CC4)n3)nc(C)n2)c1. The molecule has 3 N–H and O–H groups in total. The summed E-state index contributed by atoms with van der Waals surface area (Å²) in [6.07, 6.45) is 4.17. The molecule has 0 saturated heterocycles. The minimum atomic E-state index is -0.970. The maximum atomic E-state index is 12.7. The van der Waals surface area contributed by atoms with Crippen molar-refractivity contribution in [2.45, 2.75) is 51.7 Å². The van der Waals surface area contributed by atoms with Crippen LogP contribution in [-0.2, 0) is 13.1 Å². The van der Waals surface area contributed by atoms with Gasteiger partial charge < -0.3 is 20.5 Å². The number of hydrogen-bond donors (Lipinski definition) is 3. The first-order chi connectivity index (χ1) is 16.9. The third-order valence-corrected chi connectivity index (χ3v) is 6.04. The monoisotopic (exact) mass is 479 g/mol. The van der Waals surface area contributed by atoms with Crippen LogP contribution in [0.2, 0.25) is 0 Å². The molecule has 11 nitrogen and oxygen atoms in total. The van der Waals surface area contributed by atoms with Crippen molar-refractivity contribution in [3.05, 3.63) is 53.7 Å². The average molecular weight is 480 g/mol. The van der Waals surface area contributed by atoms with Crippen LogP contribution >= 0.6 is 0 Å². The number of carboxylic acid groups (broad SMARTS) is 1. The molecule has 0 bridgehead atoms. The van der Waals surface area contributed by atoms with Gasteiger partial charge in [-0.25, -0.2) is 19.7 Å². The minimum Gasteiger partial charge on any atom is -0.497 e. The van der Waals surface area contributed by atoms with Crippen LogP contribution in [0.4, 0.5) is 4.79 Å². The Balaban J connectivity index is 1.38. The van der Waals surface area contributed by atoms with E-state index in [1.54, 1.807) is 31.1 Å². The molecule has 0 unspecified atom stereocenters. The van der Waals surface area contributed by atoms with E-state index in [4.69, 9.17) is 9.84 Å². The number of methoxy groups -OCH3 is 1. The molecule has 3 aromatic rings. The number of carbonyl (C=O) groups is 2. The van der Waals surface area contributed by atoms with E-state index in [1.807, 2.05) is 24.3 Å². The summed E-state index contributed by atoms with van der Waals surface area (Å²) in [5.41, 5.74) is 1.64. The number of nitrogens with zero attached hydrogens (tertiary/aromatic N) is 5. The molecule has 35 heavy (non-hydrogen) atoms. The van der Waals surface area contributed by atoms with Gasteiger partial charge in [-0.05, 0) is 62.3 Å². The molecular weight excluding hydrogens is 450 g/mol. The van der Waals surface area contributed by atoms with Gasteiger partial charge in [0.2, 0.25) is 0 Å². The normalized spacial score (nSPS) is 17.5. The Labute approximate surface area is 203 Å². The van der Waals surface area contributed by atoms with Crippen molar-refractivity contribution in [3.8, 4) is 17.3 Å². The summed E-state index contributed by atoms with van der Waals surface area (Å²) in [5, 5.41) is 18.9. The van der Waals surface area contributed by atoms with Crippen LogP contribution in [0.1, 0.15) is 47.6 Å². The highest BCUT2D eigenvalue weighted by Gasteiger charge is 2.23. The molecular formula is C24H29N7O4. The summed E-state index contributed by atoms with van der Waals surface area (Å²) >= 11 is 0. The molecule has 4 rings (SSSR count). The topological polar surface area (TPSA) is 144 Å². The first-order valence-electron chi connectivity index (χ1n) is 11.6. The van der Waals surface area contributed by atoms with Gasteiger partial charge in [0.05, 0.1) is 7.11 Å². The number of aryl methyl sites for hydroxylation is 1. The number of rotatable bonds is 8. The number of carbonyl (C=O) groups excluding carboxylic acids is 1. The molecule has 1 aliphatic carbocycles. The van der Waals surface area contributed by atoms with Gasteiger partial charge in [0.25, 0.3) is 5.91 Å². The number of amides is 2. The zero-order valence-electron chi connectivity index (χ0n) is 19.8. The summed E-state index contributed by atoms with van der Waals surface area (Å²) in [6, 6.07) is 9.10. The fourth-order valence-electron chi connectivity index (χ4n) is 4.28. The Morgan fingerprint density at radius 1 is 1.17 bits per heavy atom. The third-order valence-electron chi connectivity index (χ3n) is 6.04. The molecule has 1 aliphatic rings. The van der Waals surface area contributed by atoms with Gasteiger partial charge in [-0.15, -0.1) is 5.10 Å². The van der Waals surface area contributed by atoms with Crippen molar-refractivity contribution >= 4 is 12.0 Å². The zero-order valence-corrected chi connectivity index (χ0v) is 19.8. The Bertz CT molecular complexity index is 1190. The second-order valence-corrected chi connectivity index (χ2v) is 8.68. The standard InChI is InChI=1S/C24H29N7O4/c1-15-27-20(11-21(28-15)23(32)25-12-17-4-3-5-19(10-17)35-2)22-26-14-31(30-22)13-16-6-8-18(9-7-16)29-24(33)34/h3-5,10-11,14,16,18,29H,6-9,12-13H2,1-2H3,(H,25,32)(H,33,34). The maximum absolute atomic E-state index is 12.7. The molecule has 1 fully saturated rings. The lowest BCUT2D eigenvalue weighted by Crippen LogP contribution is -2.37. The Kier molecular flexibility index (Phi) is 7.54. The fourth-order valence-corrected chi connectivity index (χ4v) is 4.28. The van der Waals surface area contributed by atoms with E-state index in [9.17, 15) is 9.59 Å². The van der Waals surface area contributed by atoms with Gasteiger partial charge in [0.1, 0.15) is 29.3 Å². The van der Waals surface area contributed by atoms with Crippen LogP contribution in [0.25, 0.3) is 11.5 Å². The second-order valence-electron chi connectivity index (χ2n) is 8.68. The fraction of sp³-hybridized carbons (Fsp3) is 0.417. The van der Waals surface area contributed by atoms with Crippen LogP contribution in [0, 0.1) is 12.8 Å². The smallest absolute Gasteiger partial charge is 0.404 e. The van der Waals surface area contributed by atoms with Gasteiger partial charge in [-0.2, -0.15) is 0 Å². The van der Waals surface area contributed by atoms with Crippen LogP contribution < -0.4 is 15.4 Å². The molecule has 2 aromatic heterocycles. The summed E-state index contributed by atoms with van der Waals surface area (Å²) in [4.78, 5) is 36.6. The number of ether oxygens (including phenoxy) is 1. The van der Waals surface area contributed by atoms with E-state index >= 15 is 0 Å². The largest absolute Gasteiger partial charge is 0.497 e. The van der Waals surface area contributed by atoms with Gasteiger partial charge >= 0.3 is 6.09 Å². The Morgan fingerprint density at radius 3 is 2.71 bits per heavy atom. The molecule has 2 heterocycles. The van der Waals surface area contributed by atoms with Crippen LogP contribution in [0.15, 0.2) is 36.7 Å². The van der Waals surface area contributed by atoms with Crippen molar-refractivity contribution < 1.29 is 19.4 Å². The van der Waals surface area contributed by atoms with Crippen molar-refractivity contribution in [3.63, 3.8) is 0 Å². The lowest BCUT2D eigenvalue weighted by atomic mass is 9.86. The van der Waals surface area contributed by atoms with E-state index in [-0.39, 0.29) is 17.6 Å². The molecule has 0 radical (unpaired) electrons. The molecule has 11 heteroatoms. The molecule has 0 spiro atoms. The van der Waals surface area contributed by atoms with Gasteiger partial charge in [0, 0.05) is 19.1 Å². The summed E-state index contributed by atoms with van der Waals surface area (Å²) in [6.45, 7) is 2.76. The van der Waals surface area contributed by atoms with Gasteiger partial charge in [-0.3, -0.25) is 9.48 Å². The maximum Gasteiger partial charge on any atom is 0.404 e.